The van der Waals surface area contributed by atoms with E-state index < -0.39 is 0 Å². The van der Waals surface area contributed by atoms with Crippen molar-refractivity contribution in [3.05, 3.63) is 21.9 Å². The molecule has 1 aromatic heterocycles. The molecular formula is C7H4BrClN2O. The number of rotatable bonds is 2. The quantitative estimate of drug-likeness (QED) is 0.754. The molecule has 0 bridgehead atoms. The van der Waals surface area contributed by atoms with E-state index in [1.807, 2.05) is 6.07 Å². The summed E-state index contributed by atoms with van der Waals surface area (Å²) < 4.78 is 5.74. The van der Waals surface area contributed by atoms with E-state index in [4.69, 9.17) is 21.6 Å². The lowest BCUT2D eigenvalue weighted by Crippen LogP contribution is -1.94. The van der Waals surface area contributed by atoms with Crippen LogP contribution >= 0.6 is 27.5 Å². The highest BCUT2D eigenvalue weighted by Gasteiger charge is 2.02. The summed E-state index contributed by atoms with van der Waals surface area (Å²) in [6.45, 7) is -0.0299. The number of ether oxygens (including phenoxy) is 1. The van der Waals surface area contributed by atoms with Gasteiger partial charge in [0.1, 0.15) is 6.07 Å². The molecular weight excluding hydrogens is 243 g/mol. The van der Waals surface area contributed by atoms with E-state index in [1.165, 1.54) is 0 Å². The second-order valence-corrected chi connectivity index (χ2v) is 3.16. The first-order valence-corrected chi connectivity index (χ1v) is 4.22. The van der Waals surface area contributed by atoms with Crippen LogP contribution in [0.4, 0.5) is 0 Å². The van der Waals surface area contributed by atoms with Crippen LogP contribution in [0.2, 0.25) is 5.15 Å². The van der Waals surface area contributed by atoms with Crippen LogP contribution in [-0.4, -0.2) is 11.6 Å². The zero-order chi connectivity index (χ0) is 8.97. The lowest BCUT2D eigenvalue weighted by molar-refractivity contribution is 0.366. The van der Waals surface area contributed by atoms with Gasteiger partial charge in [-0.05, 0) is 22.0 Å². The lowest BCUT2D eigenvalue weighted by Gasteiger charge is -2.02. The van der Waals surface area contributed by atoms with Gasteiger partial charge in [0, 0.05) is 10.7 Å². The fourth-order valence-electron chi connectivity index (χ4n) is 0.615. The number of nitrogens with zero attached hydrogens (tertiary/aromatic N) is 2. The third kappa shape index (κ3) is 2.36. The normalized spacial score (nSPS) is 9.08. The van der Waals surface area contributed by atoms with Crippen LogP contribution in [-0.2, 0) is 0 Å². The van der Waals surface area contributed by atoms with Crippen LogP contribution in [0.25, 0.3) is 0 Å². The van der Waals surface area contributed by atoms with Gasteiger partial charge < -0.3 is 4.74 Å². The van der Waals surface area contributed by atoms with Crippen LogP contribution in [0.1, 0.15) is 0 Å². The van der Waals surface area contributed by atoms with Gasteiger partial charge in [-0.25, -0.2) is 4.98 Å². The maximum atomic E-state index is 8.24. The summed E-state index contributed by atoms with van der Waals surface area (Å²) in [6, 6.07) is 3.50. The third-order valence-corrected chi connectivity index (χ3v) is 1.78. The molecule has 0 saturated heterocycles. The molecule has 1 rings (SSSR count). The number of hydrogen-bond acceptors (Lipinski definition) is 3. The number of pyridine rings is 1. The van der Waals surface area contributed by atoms with E-state index in [1.54, 1.807) is 12.3 Å². The van der Waals surface area contributed by atoms with Crippen molar-refractivity contribution in [3.63, 3.8) is 0 Å². The predicted octanol–water partition coefficient (Wildman–Crippen LogP) is 2.40. The van der Waals surface area contributed by atoms with Crippen LogP contribution < -0.4 is 4.74 Å². The van der Waals surface area contributed by atoms with Gasteiger partial charge in [-0.3, -0.25) is 0 Å². The Morgan fingerprint density at radius 1 is 1.75 bits per heavy atom. The van der Waals surface area contributed by atoms with Gasteiger partial charge in [-0.15, -0.1) is 0 Å². The predicted molar refractivity (Wildman–Crippen MR) is 48.1 cm³/mol. The molecule has 0 radical (unpaired) electrons. The monoisotopic (exact) mass is 246 g/mol. The fraction of sp³-hybridized carbons (Fsp3) is 0.143. The fourth-order valence-corrected chi connectivity index (χ4v) is 1.08. The Morgan fingerprint density at radius 2 is 2.50 bits per heavy atom. The molecule has 0 amide bonds. The number of nitriles is 1. The Balaban J connectivity index is 2.84. The highest BCUT2D eigenvalue weighted by molar-refractivity contribution is 9.10. The highest BCUT2D eigenvalue weighted by Crippen LogP contribution is 2.24. The lowest BCUT2D eigenvalue weighted by atomic mass is 10.5. The van der Waals surface area contributed by atoms with Gasteiger partial charge >= 0.3 is 0 Å². The second kappa shape index (κ2) is 4.29. The topological polar surface area (TPSA) is 45.9 Å². The number of halogens is 2. The van der Waals surface area contributed by atoms with Gasteiger partial charge in [0.15, 0.2) is 17.5 Å². The molecule has 0 saturated carbocycles. The Morgan fingerprint density at radius 3 is 3.17 bits per heavy atom. The Labute approximate surface area is 83.1 Å². The van der Waals surface area contributed by atoms with Crippen molar-refractivity contribution in [1.29, 1.82) is 5.26 Å². The molecule has 0 unspecified atom stereocenters. The van der Waals surface area contributed by atoms with Gasteiger partial charge in [0.25, 0.3) is 0 Å². The van der Waals surface area contributed by atoms with Crippen molar-refractivity contribution in [1.82, 2.24) is 4.98 Å². The van der Waals surface area contributed by atoms with Crippen molar-refractivity contribution >= 4 is 27.5 Å². The summed E-state index contributed by atoms with van der Waals surface area (Å²) in [4.78, 5) is 3.82. The van der Waals surface area contributed by atoms with Crippen LogP contribution in [0.15, 0.2) is 16.7 Å². The minimum Gasteiger partial charge on any atom is -0.475 e. The summed E-state index contributed by atoms with van der Waals surface area (Å²) in [5, 5.41) is 8.50. The van der Waals surface area contributed by atoms with E-state index in [0.717, 1.165) is 4.47 Å². The summed E-state index contributed by atoms with van der Waals surface area (Å²) >= 11 is 8.87. The minimum atomic E-state index is -0.0299. The van der Waals surface area contributed by atoms with Crippen molar-refractivity contribution in [2.75, 3.05) is 6.61 Å². The smallest absolute Gasteiger partial charge is 0.174 e. The first kappa shape index (κ1) is 9.30. The Hall–Kier alpha value is -0.790. The molecule has 1 aromatic rings. The Bertz CT molecular complexity index is 324. The van der Waals surface area contributed by atoms with Crippen molar-refractivity contribution in [3.8, 4) is 11.8 Å². The molecule has 0 aliphatic carbocycles. The van der Waals surface area contributed by atoms with Gasteiger partial charge in [0.05, 0.1) is 0 Å². The van der Waals surface area contributed by atoms with E-state index in [0.29, 0.717) is 5.75 Å². The maximum Gasteiger partial charge on any atom is 0.174 e. The standard InChI is InChI=1S/C7H4BrClN2O/c8-5-3-6(12-2-1-10)7(9)11-4-5/h3-4H,2H2. The van der Waals surface area contributed by atoms with E-state index in [2.05, 4.69) is 20.9 Å². The number of hydrogen-bond donors (Lipinski definition) is 0. The highest BCUT2D eigenvalue weighted by atomic mass is 79.9. The van der Waals surface area contributed by atoms with E-state index >= 15 is 0 Å². The maximum absolute atomic E-state index is 8.24. The largest absolute Gasteiger partial charge is 0.475 e. The molecule has 0 spiro atoms. The summed E-state index contributed by atoms with van der Waals surface area (Å²) in [5.41, 5.74) is 0. The molecule has 0 aliphatic rings. The van der Waals surface area contributed by atoms with Gasteiger partial charge in [-0.1, -0.05) is 11.6 Å². The Kier molecular flexibility index (Phi) is 3.32. The molecule has 1 heterocycles. The molecule has 0 N–H and O–H groups in total. The molecule has 0 atom stereocenters. The number of aromatic nitrogens is 1. The molecule has 5 heteroatoms. The van der Waals surface area contributed by atoms with E-state index in [-0.39, 0.29) is 11.8 Å². The summed E-state index contributed by atoms with van der Waals surface area (Å²) in [5.74, 6) is 0.410. The first-order chi connectivity index (χ1) is 5.74. The van der Waals surface area contributed by atoms with Crippen LogP contribution in [0.3, 0.4) is 0 Å². The zero-order valence-corrected chi connectivity index (χ0v) is 8.26. The average Bonchev–Trinajstić information content (AvgIpc) is 2.07. The van der Waals surface area contributed by atoms with Crippen molar-refractivity contribution < 1.29 is 4.74 Å². The average molecular weight is 247 g/mol. The van der Waals surface area contributed by atoms with Gasteiger partial charge in [0.2, 0.25) is 0 Å². The second-order valence-electron chi connectivity index (χ2n) is 1.89. The molecule has 0 aromatic carbocycles. The van der Waals surface area contributed by atoms with E-state index in [9.17, 15) is 0 Å². The molecule has 0 aliphatic heterocycles. The van der Waals surface area contributed by atoms with Crippen LogP contribution in [0, 0.1) is 11.3 Å². The summed E-state index contributed by atoms with van der Waals surface area (Å²) in [7, 11) is 0. The zero-order valence-electron chi connectivity index (χ0n) is 5.92. The van der Waals surface area contributed by atoms with Crippen molar-refractivity contribution in [2.24, 2.45) is 0 Å². The first-order valence-electron chi connectivity index (χ1n) is 3.05. The van der Waals surface area contributed by atoms with Crippen LogP contribution in [0.5, 0.6) is 5.75 Å². The third-order valence-electron chi connectivity index (χ3n) is 1.07. The minimum absolute atomic E-state index is 0.0299. The SMILES string of the molecule is N#CCOc1cc(Br)cnc1Cl. The molecule has 62 valence electrons. The molecule has 0 fully saturated rings. The summed E-state index contributed by atoms with van der Waals surface area (Å²) in [6.07, 6.45) is 1.56. The van der Waals surface area contributed by atoms with Gasteiger partial charge in [-0.2, -0.15) is 5.26 Å². The molecule has 3 nitrogen and oxygen atoms in total. The van der Waals surface area contributed by atoms with Crippen molar-refractivity contribution in [2.45, 2.75) is 0 Å². The molecule has 12 heavy (non-hydrogen) atoms.